The van der Waals surface area contributed by atoms with Gasteiger partial charge in [-0.2, -0.15) is 0 Å². The molecular formula is C21H17N5. The van der Waals surface area contributed by atoms with Crippen molar-refractivity contribution >= 4 is 23.5 Å². The lowest BCUT2D eigenvalue weighted by atomic mass is 10.1. The zero-order valence-electron chi connectivity index (χ0n) is 14.0. The Morgan fingerprint density at radius 3 is 2.27 bits per heavy atom. The highest BCUT2D eigenvalue weighted by Crippen LogP contribution is 2.20. The highest BCUT2D eigenvalue weighted by molar-refractivity contribution is 5.71. The molecule has 1 N–H and O–H groups in total. The highest BCUT2D eigenvalue weighted by atomic mass is 15.4. The average Bonchev–Trinajstić information content (AvgIpc) is 3.23. The van der Waals surface area contributed by atoms with Crippen molar-refractivity contribution in [1.82, 2.24) is 20.0 Å². The molecule has 0 amide bonds. The van der Waals surface area contributed by atoms with Gasteiger partial charge in [0.15, 0.2) is 0 Å². The SMILES string of the molecule is C(=C\c1ccc(Nc2cccc(-n3ccnn3)c2)cc1)/c1ccncc1. The van der Waals surface area contributed by atoms with Crippen LogP contribution >= 0.6 is 0 Å². The zero-order chi connectivity index (χ0) is 17.6. The van der Waals surface area contributed by atoms with Crippen molar-refractivity contribution in [2.24, 2.45) is 0 Å². The van der Waals surface area contributed by atoms with Crippen LogP contribution in [-0.4, -0.2) is 20.0 Å². The van der Waals surface area contributed by atoms with Gasteiger partial charge in [-0.3, -0.25) is 4.98 Å². The quantitative estimate of drug-likeness (QED) is 0.578. The highest BCUT2D eigenvalue weighted by Gasteiger charge is 2.00. The fourth-order valence-corrected chi connectivity index (χ4v) is 2.58. The summed E-state index contributed by atoms with van der Waals surface area (Å²) in [7, 11) is 0. The Bertz CT molecular complexity index is 990. The number of rotatable bonds is 5. The minimum Gasteiger partial charge on any atom is -0.355 e. The zero-order valence-corrected chi connectivity index (χ0v) is 14.0. The van der Waals surface area contributed by atoms with Gasteiger partial charge in [0.2, 0.25) is 0 Å². The Kier molecular flexibility index (Phi) is 4.52. The second-order valence-electron chi connectivity index (χ2n) is 5.76. The predicted octanol–water partition coefficient (Wildman–Crippen LogP) is 4.58. The second-order valence-corrected chi connectivity index (χ2v) is 5.76. The molecule has 2 aromatic carbocycles. The lowest BCUT2D eigenvalue weighted by molar-refractivity contribution is 0.803. The molecular weight excluding hydrogens is 322 g/mol. The summed E-state index contributed by atoms with van der Waals surface area (Å²) in [5, 5.41) is 11.3. The monoisotopic (exact) mass is 339 g/mol. The molecule has 0 spiro atoms. The van der Waals surface area contributed by atoms with E-state index in [1.54, 1.807) is 23.3 Å². The number of hydrogen-bond donors (Lipinski definition) is 1. The summed E-state index contributed by atoms with van der Waals surface area (Å²) in [5.74, 6) is 0. The standard InChI is InChI=1S/C21H17N5/c1-2-20(16-21(3-1)26-15-14-23-25-26)24-19-8-6-17(7-9-19)4-5-18-10-12-22-13-11-18/h1-16,24H/b5-4+. The average molecular weight is 339 g/mol. The van der Waals surface area contributed by atoms with Gasteiger partial charge in [-0.05, 0) is 53.6 Å². The summed E-state index contributed by atoms with van der Waals surface area (Å²) >= 11 is 0. The largest absolute Gasteiger partial charge is 0.355 e. The Morgan fingerprint density at radius 2 is 1.54 bits per heavy atom. The molecule has 0 saturated heterocycles. The maximum atomic E-state index is 4.02. The van der Waals surface area contributed by atoms with E-state index in [0.29, 0.717) is 0 Å². The number of nitrogens with zero attached hydrogens (tertiary/aromatic N) is 4. The minimum atomic E-state index is 0.962. The van der Waals surface area contributed by atoms with E-state index in [0.717, 1.165) is 28.2 Å². The molecule has 0 aliphatic rings. The van der Waals surface area contributed by atoms with Gasteiger partial charge in [-0.1, -0.05) is 35.6 Å². The second kappa shape index (κ2) is 7.44. The van der Waals surface area contributed by atoms with Crippen LogP contribution in [0.1, 0.15) is 11.1 Å². The molecule has 0 atom stereocenters. The minimum absolute atomic E-state index is 0.962. The number of pyridine rings is 1. The van der Waals surface area contributed by atoms with E-state index in [1.807, 2.05) is 42.6 Å². The van der Waals surface area contributed by atoms with E-state index in [9.17, 15) is 0 Å². The Hall–Kier alpha value is -3.73. The first-order valence-electron chi connectivity index (χ1n) is 8.29. The van der Waals surface area contributed by atoms with E-state index in [-0.39, 0.29) is 0 Å². The molecule has 4 aromatic rings. The lowest BCUT2D eigenvalue weighted by Gasteiger charge is -2.08. The van der Waals surface area contributed by atoms with Gasteiger partial charge in [-0.15, -0.1) is 5.10 Å². The third-order valence-corrected chi connectivity index (χ3v) is 3.91. The Labute approximate surface area is 151 Å². The molecule has 2 heterocycles. The number of nitrogens with one attached hydrogen (secondary N) is 1. The van der Waals surface area contributed by atoms with Crippen LogP contribution in [0.2, 0.25) is 0 Å². The molecule has 0 aliphatic carbocycles. The first-order valence-corrected chi connectivity index (χ1v) is 8.29. The van der Waals surface area contributed by atoms with Crippen molar-refractivity contribution in [3.63, 3.8) is 0 Å². The van der Waals surface area contributed by atoms with E-state index in [4.69, 9.17) is 0 Å². The molecule has 2 aromatic heterocycles. The van der Waals surface area contributed by atoms with Crippen LogP contribution in [0.25, 0.3) is 17.8 Å². The van der Waals surface area contributed by atoms with Crippen LogP contribution in [0.3, 0.4) is 0 Å². The molecule has 5 heteroatoms. The summed E-state index contributed by atoms with van der Waals surface area (Å²) in [6.45, 7) is 0. The lowest BCUT2D eigenvalue weighted by Crippen LogP contribution is -1.97. The van der Waals surface area contributed by atoms with Gasteiger partial charge >= 0.3 is 0 Å². The van der Waals surface area contributed by atoms with Gasteiger partial charge in [0.05, 0.1) is 18.1 Å². The summed E-state index contributed by atoms with van der Waals surface area (Å²) in [6, 6.07) is 20.3. The van der Waals surface area contributed by atoms with Crippen LogP contribution in [-0.2, 0) is 0 Å². The fraction of sp³-hybridized carbons (Fsp3) is 0. The molecule has 26 heavy (non-hydrogen) atoms. The predicted molar refractivity (Wildman–Crippen MR) is 104 cm³/mol. The number of anilines is 2. The van der Waals surface area contributed by atoms with E-state index < -0.39 is 0 Å². The molecule has 0 aliphatic heterocycles. The van der Waals surface area contributed by atoms with Crippen molar-refractivity contribution in [2.45, 2.75) is 0 Å². The third-order valence-electron chi connectivity index (χ3n) is 3.91. The van der Waals surface area contributed by atoms with Crippen LogP contribution in [0, 0.1) is 0 Å². The van der Waals surface area contributed by atoms with Gasteiger partial charge in [-0.25, -0.2) is 4.68 Å². The first kappa shape index (κ1) is 15.8. The van der Waals surface area contributed by atoms with E-state index in [2.05, 4.69) is 57.0 Å². The van der Waals surface area contributed by atoms with E-state index >= 15 is 0 Å². The molecule has 4 rings (SSSR count). The topological polar surface area (TPSA) is 55.6 Å². The van der Waals surface area contributed by atoms with Gasteiger partial charge in [0.25, 0.3) is 0 Å². The molecule has 0 fully saturated rings. The maximum absolute atomic E-state index is 4.02. The molecule has 0 unspecified atom stereocenters. The first-order chi connectivity index (χ1) is 12.9. The Morgan fingerprint density at radius 1 is 0.769 bits per heavy atom. The van der Waals surface area contributed by atoms with Crippen molar-refractivity contribution in [2.75, 3.05) is 5.32 Å². The summed E-state index contributed by atoms with van der Waals surface area (Å²) < 4.78 is 1.73. The molecule has 0 radical (unpaired) electrons. The number of benzene rings is 2. The van der Waals surface area contributed by atoms with Crippen molar-refractivity contribution in [3.05, 3.63) is 96.6 Å². The molecule has 5 nitrogen and oxygen atoms in total. The molecule has 0 bridgehead atoms. The molecule has 0 saturated carbocycles. The van der Waals surface area contributed by atoms with Gasteiger partial charge in [0, 0.05) is 23.8 Å². The van der Waals surface area contributed by atoms with Crippen molar-refractivity contribution < 1.29 is 0 Å². The van der Waals surface area contributed by atoms with E-state index in [1.165, 1.54) is 0 Å². The summed E-state index contributed by atoms with van der Waals surface area (Å²) in [4.78, 5) is 4.02. The van der Waals surface area contributed by atoms with Crippen molar-refractivity contribution in [3.8, 4) is 5.69 Å². The van der Waals surface area contributed by atoms with Crippen LogP contribution in [0.5, 0.6) is 0 Å². The normalized spacial score (nSPS) is 10.9. The smallest absolute Gasteiger partial charge is 0.0697 e. The number of hydrogen-bond acceptors (Lipinski definition) is 4. The van der Waals surface area contributed by atoms with Crippen LogP contribution < -0.4 is 5.32 Å². The van der Waals surface area contributed by atoms with Crippen molar-refractivity contribution in [1.29, 1.82) is 0 Å². The summed E-state index contributed by atoms with van der Waals surface area (Å²) in [5.41, 5.74) is 5.26. The number of aromatic nitrogens is 4. The van der Waals surface area contributed by atoms with Crippen LogP contribution in [0.4, 0.5) is 11.4 Å². The van der Waals surface area contributed by atoms with Gasteiger partial charge in [0.1, 0.15) is 0 Å². The molecule has 126 valence electrons. The third kappa shape index (κ3) is 3.84. The fourth-order valence-electron chi connectivity index (χ4n) is 2.58. The van der Waals surface area contributed by atoms with Gasteiger partial charge < -0.3 is 5.32 Å². The summed E-state index contributed by atoms with van der Waals surface area (Å²) in [6.07, 6.45) is 11.2. The Balaban J connectivity index is 1.46. The maximum Gasteiger partial charge on any atom is 0.0697 e. The van der Waals surface area contributed by atoms with Crippen LogP contribution in [0.15, 0.2) is 85.5 Å².